The molecular formula is C36H36F2N6O2. The molecule has 2 heterocycles. The van der Waals surface area contributed by atoms with Gasteiger partial charge >= 0.3 is 0 Å². The average molecular weight is 623 g/mol. The minimum absolute atomic E-state index is 0.0587. The first kappa shape index (κ1) is 30.2. The van der Waals surface area contributed by atoms with E-state index in [0.717, 1.165) is 75.7 Å². The molecule has 0 amide bonds. The van der Waals surface area contributed by atoms with E-state index in [2.05, 4.69) is 19.2 Å². The number of halogens is 2. The van der Waals surface area contributed by atoms with Gasteiger partial charge in [-0.1, -0.05) is 47.9 Å². The molecule has 0 bridgehead atoms. The van der Waals surface area contributed by atoms with Crippen molar-refractivity contribution in [3.05, 3.63) is 107 Å². The minimum Gasteiger partial charge on any atom is -0.391 e. The van der Waals surface area contributed by atoms with E-state index < -0.39 is 18.2 Å². The van der Waals surface area contributed by atoms with Gasteiger partial charge in [0.25, 0.3) is 0 Å². The van der Waals surface area contributed by atoms with Crippen LogP contribution >= 0.6 is 0 Å². The second kappa shape index (κ2) is 12.4. The lowest BCUT2D eigenvalue weighted by molar-refractivity contribution is 0.0606. The van der Waals surface area contributed by atoms with E-state index in [-0.39, 0.29) is 29.8 Å². The van der Waals surface area contributed by atoms with Crippen LogP contribution in [0.4, 0.5) is 8.78 Å². The Bertz CT molecular complexity index is 2100. The first-order chi connectivity index (χ1) is 22.4. The van der Waals surface area contributed by atoms with Crippen LogP contribution in [0.15, 0.2) is 90.0 Å². The quantitative estimate of drug-likeness (QED) is 0.105. The lowest BCUT2D eigenvalue weighted by Gasteiger charge is -2.34. The van der Waals surface area contributed by atoms with E-state index in [0.29, 0.717) is 6.42 Å². The smallest absolute Gasteiger partial charge is 0.123 e. The van der Waals surface area contributed by atoms with Crippen molar-refractivity contribution >= 4 is 43.6 Å². The summed E-state index contributed by atoms with van der Waals surface area (Å²) in [6.45, 7) is 0. The number of azide groups is 1. The van der Waals surface area contributed by atoms with Gasteiger partial charge in [0.2, 0.25) is 0 Å². The molecule has 3 unspecified atom stereocenters. The van der Waals surface area contributed by atoms with Gasteiger partial charge in [0.15, 0.2) is 0 Å². The molecule has 2 fully saturated rings. The number of rotatable bonds is 3. The van der Waals surface area contributed by atoms with Crippen LogP contribution in [0.5, 0.6) is 0 Å². The van der Waals surface area contributed by atoms with E-state index in [1.807, 2.05) is 48.5 Å². The third-order valence-electron chi connectivity index (χ3n) is 9.87. The Morgan fingerprint density at radius 1 is 0.652 bits per heavy atom. The molecule has 8 rings (SSSR count). The number of hydrogen-bond acceptors (Lipinski definition) is 4. The van der Waals surface area contributed by atoms with Gasteiger partial charge < -0.3 is 25.1 Å². The molecule has 0 spiro atoms. The molecule has 2 aliphatic rings. The number of aliphatic hydroxyl groups is 2. The van der Waals surface area contributed by atoms with Gasteiger partial charge in [-0.05, 0) is 86.2 Å². The van der Waals surface area contributed by atoms with Gasteiger partial charge in [0.05, 0.1) is 30.3 Å². The predicted molar refractivity (Wildman–Crippen MR) is 178 cm³/mol. The molecule has 4 aromatic carbocycles. The van der Waals surface area contributed by atoms with Crippen LogP contribution in [-0.4, -0.2) is 43.6 Å². The maximum atomic E-state index is 13.7. The molecule has 46 heavy (non-hydrogen) atoms. The second-order valence-electron chi connectivity index (χ2n) is 12.5. The maximum absolute atomic E-state index is 13.7. The van der Waals surface area contributed by atoms with Crippen LogP contribution in [-0.2, 0) is 0 Å². The number of hydrogen-bond donors (Lipinski definition) is 3. The zero-order chi connectivity index (χ0) is 31.9. The van der Waals surface area contributed by atoms with Gasteiger partial charge in [0.1, 0.15) is 11.6 Å². The Balaban J connectivity index is 0.000000147. The average Bonchev–Trinajstić information content (AvgIpc) is 3.56. The molecule has 2 saturated carbocycles. The summed E-state index contributed by atoms with van der Waals surface area (Å²) >= 11 is 0. The Hall–Kier alpha value is -4.47. The molecule has 10 heteroatoms. The minimum atomic E-state index is -0.751. The Morgan fingerprint density at radius 2 is 1.13 bits per heavy atom. The summed E-state index contributed by atoms with van der Waals surface area (Å²) < 4.78 is 31.6. The number of nitrogens with zero attached hydrogens (tertiary/aromatic N) is 5. The summed E-state index contributed by atoms with van der Waals surface area (Å²) in [5, 5.41) is 28.8. The van der Waals surface area contributed by atoms with Crippen molar-refractivity contribution in [2.75, 3.05) is 0 Å². The second-order valence-corrected chi connectivity index (χ2v) is 12.5. The van der Waals surface area contributed by atoms with Gasteiger partial charge in [0, 0.05) is 54.6 Å². The third kappa shape index (κ3) is 5.17. The van der Waals surface area contributed by atoms with Gasteiger partial charge in [-0.25, -0.2) is 8.78 Å². The summed E-state index contributed by atoms with van der Waals surface area (Å²) in [4.78, 5) is 2.87. The van der Waals surface area contributed by atoms with Crippen molar-refractivity contribution in [3.8, 4) is 0 Å². The van der Waals surface area contributed by atoms with Crippen molar-refractivity contribution in [1.29, 1.82) is 0 Å². The fourth-order valence-corrected chi connectivity index (χ4v) is 7.74. The highest BCUT2D eigenvalue weighted by atomic mass is 19.1. The van der Waals surface area contributed by atoms with Crippen molar-refractivity contribution < 1.29 is 19.0 Å². The Morgan fingerprint density at radius 3 is 1.67 bits per heavy atom. The van der Waals surface area contributed by atoms with Crippen LogP contribution in [0.25, 0.3) is 54.1 Å². The summed E-state index contributed by atoms with van der Waals surface area (Å²) in [6.07, 6.45) is 3.77. The van der Waals surface area contributed by atoms with E-state index in [1.54, 1.807) is 18.2 Å². The van der Waals surface area contributed by atoms with Gasteiger partial charge in [-0.3, -0.25) is 0 Å². The first-order valence-corrected chi connectivity index (χ1v) is 15.9. The van der Waals surface area contributed by atoms with Crippen LogP contribution in [0.2, 0.25) is 0 Å². The highest BCUT2D eigenvalue weighted by Crippen LogP contribution is 2.40. The highest BCUT2D eigenvalue weighted by molar-refractivity contribution is 6.09. The van der Waals surface area contributed by atoms with Crippen molar-refractivity contribution in [2.24, 2.45) is 10.8 Å². The van der Waals surface area contributed by atoms with Crippen LogP contribution < -0.4 is 5.73 Å². The molecule has 0 saturated heterocycles. The number of para-hydroxylation sites is 2. The molecule has 2 aliphatic carbocycles. The lowest BCUT2D eigenvalue weighted by atomic mass is 9.88. The topological polar surface area (TPSA) is 125 Å². The van der Waals surface area contributed by atoms with Gasteiger partial charge in [-0.2, -0.15) is 0 Å². The molecule has 0 aliphatic heterocycles. The first-order valence-electron chi connectivity index (χ1n) is 15.9. The zero-order valence-corrected chi connectivity index (χ0v) is 25.3. The number of fused-ring (bicyclic) bond motifs is 6. The van der Waals surface area contributed by atoms with Crippen LogP contribution in [0.1, 0.15) is 50.6 Å². The SMILES string of the molecule is N[C@H]1CCC[C@@H](n2c3ccccc3c3cc(F)ccc32)[C@@H]1O.[N-]=[N+]=NC1CCCC(n2c3ccccc3c3cc(F)ccc32)C1O. The molecule has 8 nitrogen and oxygen atoms in total. The summed E-state index contributed by atoms with van der Waals surface area (Å²) in [5.74, 6) is -0.516. The Labute approximate surface area is 264 Å². The monoisotopic (exact) mass is 622 g/mol. The number of aliphatic hydroxyl groups excluding tert-OH is 2. The fourth-order valence-electron chi connectivity index (χ4n) is 7.74. The van der Waals surface area contributed by atoms with E-state index in [9.17, 15) is 19.0 Å². The normalized spacial score (nSPS) is 25.0. The van der Waals surface area contributed by atoms with Crippen LogP contribution in [0.3, 0.4) is 0 Å². The van der Waals surface area contributed by atoms with Crippen molar-refractivity contribution in [3.63, 3.8) is 0 Å². The van der Waals surface area contributed by atoms with Crippen molar-refractivity contribution in [1.82, 2.24) is 9.13 Å². The van der Waals surface area contributed by atoms with Gasteiger partial charge in [-0.15, -0.1) is 0 Å². The predicted octanol–water partition coefficient (Wildman–Crippen LogP) is 8.05. The molecule has 236 valence electrons. The lowest BCUT2D eigenvalue weighted by Crippen LogP contribution is -2.44. The highest BCUT2D eigenvalue weighted by Gasteiger charge is 2.34. The standard InChI is InChI=1S/C18H17FN4O.C18H19FN2O/c19-11-8-9-16-13(10-11)12-4-1-2-6-15(12)23(16)17-7-3-5-14(18(17)24)21-22-20;19-11-8-9-16-13(10-11)12-4-1-2-6-15(12)21(16)17-7-3-5-14(20)18(17)22/h1-2,4,6,8-10,14,17-18,24H,3,5,7H2;1-2,4,6,8-10,14,17-18,22H,3,5,7,20H2/t;14-,17+,18+/m.0/s1. The molecule has 6 atom stereocenters. The van der Waals surface area contributed by atoms with E-state index in [4.69, 9.17) is 11.3 Å². The third-order valence-corrected chi connectivity index (χ3v) is 9.87. The number of nitrogens with two attached hydrogens (primary N) is 1. The zero-order valence-electron chi connectivity index (χ0n) is 25.3. The largest absolute Gasteiger partial charge is 0.391 e. The summed E-state index contributed by atoms with van der Waals surface area (Å²) in [6, 6.07) is 24.5. The maximum Gasteiger partial charge on any atom is 0.123 e. The summed E-state index contributed by atoms with van der Waals surface area (Å²) in [7, 11) is 0. The number of benzene rings is 4. The summed E-state index contributed by atoms with van der Waals surface area (Å²) in [5.41, 5.74) is 18.6. The number of aromatic nitrogens is 2. The van der Waals surface area contributed by atoms with Crippen molar-refractivity contribution in [2.45, 2.75) is 74.9 Å². The molecular weight excluding hydrogens is 586 g/mol. The Kier molecular flexibility index (Phi) is 8.13. The van der Waals surface area contributed by atoms with Crippen LogP contribution in [0, 0.1) is 11.6 Å². The fraction of sp³-hybridized carbons (Fsp3) is 0.333. The van der Waals surface area contributed by atoms with E-state index in [1.165, 1.54) is 18.2 Å². The molecule has 6 aromatic rings. The van der Waals surface area contributed by atoms with E-state index >= 15 is 0 Å². The molecule has 0 radical (unpaired) electrons. The molecule has 2 aromatic heterocycles. The molecule has 4 N–H and O–H groups in total.